The van der Waals surface area contributed by atoms with Crippen molar-refractivity contribution in [1.82, 2.24) is 0 Å². The maximum atomic E-state index is 11.2. The minimum absolute atomic E-state index is 0.0119. The SMILES string of the molecule is CC(=O)CC(=O)OCCc1cc(NS(C)(=O)=O)ccc1O. The van der Waals surface area contributed by atoms with Crippen LogP contribution in [0.3, 0.4) is 0 Å². The Hall–Kier alpha value is -2.09. The standard InChI is InChI=1S/C13H17NO6S/c1-9(15)7-13(17)20-6-5-10-8-11(3-4-12(10)16)14-21(2,18)19/h3-4,8,14,16H,5-7H2,1-2H3. The lowest BCUT2D eigenvalue weighted by atomic mass is 10.1. The average molecular weight is 315 g/mol. The average Bonchev–Trinajstić information content (AvgIpc) is 2.30. The number of rotatable bonds is 7. The third-order valence-corrected chi connectivity index (χ3v) is 3.02. The van der Waals surface area contributed by atoms with Gasteiger partial charge in [-0.3, -0.25) is 14.3 Å². The van der Waals surface area contributed by atoms with Crippen LogP contribution in [0.2, 0.25) is 0 Å². The van der Waals surface area contributed by atoms with Gasteiger partial charge in [0.15, 0.2) is 0 Å². The second-order valence-electron chi connectivity index (χ2n) is 4.57. The lowest BCUT2D eigenvalue weighted by Crippen LogP contribution is -2.12. The number of ether oxygens (including phenoxy) is 1. The van der Waals surface area contributed by atoms with Crippen molar-refractivity contribution in [3.05, 3.63) is 23.8 Å². The molecule has 0 heterocycles. The van der Waals surface area contributed by atoms with Crippen LogP contribution in [0.15, 0.2) is 18.2 Å². The zero-order valence-electron chi connectivity index (χ0n) is 11.8. The van der Waals surface area contributed by atoms with Crippen molar-refractivity contribution in [1.29, 1.82) is 0 Å². The Bertz CT molecular complexity index is 638. The molecule has 0 aromatic heterocycles. The summed E-state index contributed by atoms with van der Waals surface area (Å²) in [4.78, 5) is 21.9. The highest BCUT2D eigenvalue weighted by atomic mass is 32.2. The van der Waals surface area contributed by atoms with Gasteiger partial charge in [0.05, 0.1) is 12.9 Å². The summed E-state index contributed by atoms with van der Waals surface area (Å²) in [6.45, 7) is 1.27. The zero-order chi connectivity index (χ0) is 16.0. The fourth-order valence-electron chi connectivity index (χ4n) is 1.59. The van der Waals surface area contributed by atoms with E-state index in [9.17, 15) is 23.1 Å². The summed E-state index contributed by atoms with van der Waals surface area (Å²) in [5, 5.41) is 9.67. The van der Waals surface area contributed by atoms with Crippen LogP contribution in [-0.4, -0.2) is 38.1 Å². The van der Waals surface area contributed by atoms with E-state index in [0.29, 0.717) is 11.3 Å². The second kappa shape index (κ2) is 7.07. The van der Waals surface area contributed by atoms with Crippen molar-refractivity contribution in [3.63, 3.8) is 0 Å². The molecule has 0 aliphatic heterocycles. The molecule has 0 unspecified atom stereocenters. The Morgan fingerprint density at radius 2 is 2.00 bits per heavy atom. The van der Waals surface area contributed by atoms with Crippen LogP contribution in [0, 0.1) is 0 Å². The van der Waals surface area contributed by atoms with E-state index in [1.165, 1.54) is 25.1 Å². The summed E-state index contributed by atoms with van der Waals surface area (Å²) in [6.07, 6.45) is 0.930. The lowest BCUT2D eigenvalue weighted by Gasteiger charge is -2.09. The highest BCUT2D eigenvalue weighted by Gasteiger charge is 2.09. The molecule has 0 radical (unpaired) electrons. The number of hydrogen-bond acceptors (Lipinski definition) is 6. The molecule has 0 aliphatic carbocycles. The molecule has 0 saturated carbocycles. The number of phenolic OH excluding ortho intramolecular Hbond substituents is 1. The summed E-state index contributed by atoms with van der Waals surface area (Å²) in [6, 6.07) is 4.22. The van der Waals surface area contributed by atoms with Crippen LogP contribution in [-0.2, 0) is 30.8 Å². The van der Waals surface area contributed by atoms with E-state index >= 15 is 0 Å². The van der Waals surface area contributed by atoms with E-state index in [-0.39, 0.29) is 31.0 Å². The summed E-state index contributed by atoms with van der Waals surface area (Å²) in [5.41, 5.74) is 0.736. The Balaban J connectivity index is 2.64. The molecular formula is C13H17NO6S. The van der Waals surface area contributed by atoms with Crippen LogP contribution in [0.4, 0.5) is 5.69 Å². The Morgan fingerprint density at radius 3 is 2.57 bits per heavy atom. The number of anilines is 1. The predicted molar refractivity (Wildman–Crippen MR) is 76.5 cm³/mol. The molecular weight excluding hydrogens is 298 g/mol. The van der Waals surface area contributed by atoms with Gasteiger partial charge in [0.25, 0.3) is 0 Å². The number of benzene rings is 1. The molecule has 0 bridgehead atoms. The first-order valence-electron chi connectivity index (χ1n) is 6.12. The maximum absolute atomic E-state index is 11.2. The van der Waals surface area contributed by atoms with Crippen molar-refractivity contribution in [2.45, 2.75) is 19.8 Å². The highest BCUT2D eigenvalue weighted by molar-refractivity contribution is 7.92. The molecule has 2 N–H and O–H groups in total. The fourth-order valence-corrected chi connectivity index (χ4v) is 2.15. The number of carbonyl (C=O) groups is 2. The summed E-state index contributed by atoms with van der Waals surface area (Å²) in [7, 11) is -3.41. The van der Waals surface area contributed by atoms with Crippen molar-refractivity contribution in [3.8, 4) is 5.75 Å². The third kappa shape index (κ3) is 6.75. The van der Waals surface area contributed by atoms with Gasteiger partial charge < -0.3 is 9.84 Å². The van der Waals surface area contributed by atoms with Crippen LogP contribution in [0.25, 0.3) is 0 Å². The molecule has 8 heteroatoms. The van der Waals surface area contributed by atoms with E-state index < -0.39 is 16.0 Å². The summed E-state index contributed by atoms with van der Waals surface area (Å²) in [5.74, 6) is -0.953. The molecule has 21 heavy (non-hydrogen) atoms. The molecule has 116 valence electrons. The monoisotopic (exact) mass is 315 g/mol. The smallest absolute Gasteiger partial charge is 0.313 e. The molecule has 0 amide bonds. The van der Waals surface area contributed by atoms with Gasteiger partial charge >= 0.3 is 5.97 Å². The normalized spacial score (nSPS) is 11.0. The largest absolute Gasteiger partial charge is 0.508 e. The summed E-state index contributed by atoms with van der Waals surface area (Å²) >= 11 is 0. The number of phenols is 1. The van der Waals surface area contributed by atoms with Crippen molar-refractivity contribution in [2.75, 3.05) is 17.6 Å². The first kappa shape index (κ1) is 17.0. The van der Waals surface area contributed by atoms with Gasteiger partial charge in [-0.25, -0.2) is 8.42 Å². The number of esters is 1. The van der Waals surface area contributed by atoms with Crippen LogP contribution in [0.5, 0.6) is 5.75 Å². The molecule has 0 fully saturated rings. The van der Waals surface area contributed by atoms with Gasteiger partial charge in [-0.2, -0.15) is 0 Å². The maximum Gasteiger partial charge on any atom is 0.313 e. The predicted octanol–water partition coefficient (Wildman–Crippen LogP) is 0.828. The minimum atomic E-state index is -3.41. The van der Waals surface area contributed by atoms with Gasteiger partial charge in [0.2, 0.25) is 10.0 Å². The zero-order valence-corrected chi connectivity index (χ0v) is 12.6. The molecule has 0 saturated heterocycles. The first-order valence-corrected chi connectivity index (χ1v) is 8.01. The van der Waals surface area contributed by atoms with Crippen LogP contribution >= 0.6 is 0 Å². The quantitative estimate of drug-likeness (QED) is 0.438. The van der Waals surface area contributed by atoms with Crippen LogP contribution < -0.4 is 4.72 Å². The highest BCUT2D eigenvalue weighted by Crippen LogP contribution is 2.22. The van der Waals surface area contributed by atoms with Crippen molar-refractivity contribution < 1.29 is 27.9 Å². The number of ketones is 1. The van der Waals surface area contributed by atoms with E-state index in [1.54, 1.807) is 0 Å². The van der Waals surface area contributed by atoms with E-state index in [4.69, 9.17) is 4.74 Å². The number of sulfonamides is 1. The molecule has 0 atom stereocenters. The lowest BCUT2D eigenvalue weighted by molar-refractivity contribution is -0.145. The van der Waals surface area contributed by atoms with Gasteiger partial charge in [-0.1, -0.05) is 0 Å². The third-order valence-electron chi connectivity index (χ3n) is 2.41. The van der Waals surface area contributed by atoms with Crippen molar-refractivity contribution >= 4 is 27.5 Å². The molecule has 1 rings (SSSR count). The van der Waals surface area contributed by atoms with Gasteiger partial charge in [0, 0.05) is 12.1 Å². The van der Waals surface area contributed by atoms with Crippen molar-refractivity contribution in [2.24, 2.45) is 0 Å². The number of hydrogen-bond donors (Lipinski definition) is 2. The molecule has 0 spiro atoms. The number of nitrogens with one attached hydrogen (secondary N) is 1. The Labute approximate surface area is 123 Å². The van der Waals surface area contributed by atoms with E-state index in [0.717, 1.165) is 6.26 Å². The molecule has 7 nitrogen and oxygen atoms in total. The van der Waals surface area contributed by atoms with Gasteiger partial charge in [-0.05, 0) is 30.7 Å². The molecule has 1 aromatic rings. The number of aromatic hydroxyl groups is 1. The first-order chi connectivity index (χ1) is 9.67. The topological polar surface area (TPSA) is 110 Å². The molecule has 1 aromatic carbocycles. The van der Waals surface area contributed by atoms with E-state index in [1.807, 2.05) is 0 Å². The Morgan fingerprint density at radius 1 is 1.33 bits per heavy atom. The van der Waals surface area contributed by atoms with E-state index in [2.05, 4.69) is 4.72 Å². The minimum Gasteiger partial charge on any atom is -0.508 e. The van der Waals surface area contributed by atoms with Gasteiger partial charge in [0.1, 0.15) is 18.0 Å². The fraction of sp³-hybridized carbons (Fsp3) is 0.385. The number of carbonyl (C=O) groups excluding carboxylic acids is 2. The Kier molecular flexibility index (Phi) is 5.71. The second-order valence-corrected chi connectivity index (χ2v) is 6.32. The van der Waals surface area contributed by atoms with Gasteiger partial charge in [-0.15, -0.1) is 0 Å². The number of Topliss-reactive ketones (excluding diaryl/α,β-unsaturated/α-hetero) is 1. The van der Waals surface area contributed by atoms with Crippen LogP contribution in [0.1, 0.15) is 18.9 Å². The molecule has 0 aliphatic rings. The summed E-state index contributed by atoms with van der Waals surface area (Å²) < 4.78 is 29.4.